The maximum Gasteiger partial charge on any atom is 0.0916 e. The number of hydrogen-bond donors (Lipinski definition) is 1. The largest absolute Gasteiger partial charge is 0.387 e. The lowest BCUT2D eigenvalue weighted by atomic mass is 10.1. The van der Waals surface area contributed by atoms with Crippen LogP contribution < -0.4 is 0 Å². The van der Waals surface area contributed by atoms with E-state index in [0.29, 0.717) is 6.54 Å². The van der Waals surface area contributed by atoms with Crippen molar-refractivity contribution in [1.82, 2.24) is 4.90 Å². The van der Waals surface area contributed by atoms with Gasteiger partial charge in [-0.25, -0.2) is 0 Å². The van der Waals surface area contributed by atoms with Gasteiger partial charge in [-0.2, -0.15) is 0 Å². The van der Waals surface area contributed by atoms with Crippen molar-refractivity contribution in [3.8, 4) is 0 Å². The molecular formula is C16H18BrNO. The van der Waals surface area contributed by atoms with Crippen LogP contribution in [0.4, 0.5) is 0 Å². The molecule has 0 bridgehead atoms. The molecule has 0 heterocycles. The first-order valence-corrected chi connectivity index (χ1v) is 7.11. The standard InChI is InChI=1S/C16H18BrNO/c1-18(11-14-9-5-6-10-15(14)17)12-16(19)13-7-3-2-4-8-13/h2-10,16,19H,11-12H2,1H3. The van der Waals surface area contributed by atoms with Gasteiger partial charge in [0.05, 0.1) is 6.10 Å². The van der Waals surface area contributed by atoms with Crippen LogP contribution in [-0.4, -0.2) is 23.6 Å². The molecule has 0 fully saturated rings. The topological polar surface area (TPSA) is 23.5 Å². The van der Waals surface area contributed by atoms with Crippen molar-refractivity contribution in [3.63, 3.8) is 0 Å². The highest BCUT2D eigenvalue weighted by atomic mass is 79.9. The predicted octanol–water partition coefficient (Wildman–Crippen LogP) is 3.61. The fraction of sp³-hybridized carbons (Fsp3) is 0.250. The third-order valence-electron chi connectivity index (χ3n) is 3.07. The first-order chi connectivity index (χ1) is 9.16. The number of aliphatic hydroxyl groups is 1. The first kappa shape index (κ1) is 14.3. The van der Waals surface area contributed by atoms with Crippen molar-refractivity contribution >= 4 is 15.9 Å². The lowest BCUT2D eigenvalue weighted by Crippen LogP contribution is -2.24. The summed E-state index contributed by atoms with van der Waals surface area (Å²) in [6, 6.07) is 17.9. The third kappa shape index (κ3) is 4.16. The van der Waals surface area contributed by atoms with Gasteiger partial charge in [-0.15, -0.1) is 0 Å². The lowest BCUT2D eigenvalue weighted by Gasteiger charge is -2.21. The SMILES string of the molecule is CN(Cc1ccccc1Br)CC(O)c1ccccc1. The van der Waals surface area contributed by atoms with Gasteiger partial charge in [0.25, 0.3) is 0 Å². The van der Waals surface area contributed by atoms with Gasteiger partial charge < -0.3 is 5.11 Å². The molecule has 1 atom stereocenters. The van der Waals surface area contributed by atoms with Crippen LogP contribution in [0.15, 0.2) is 59.1 Å². The molecule has 19 heavy (non-hydrogen) atoms. The fourth-order valence-electron chi connectivity index (χ4n) is 2.06. The Hall–Kier alpha value is -1.16. The Morgan fingerprint density at radius 3 is 2.37 bits per heavy atom. The zero-order valence-corrected chi connectivity index (χ0v) is 12.5. The fourth-order valence-corrected chi connectivity index (χ4v) is 2.47. The molecule has 0 saturated carbocycles. The van der Waals surface area contributed by atoms with Crippen LogP contribution in [0.2, 0.25) is 0 Å². The predicted molar refractivity (Wildman–Crippen MR) is 81.9 cm³/mol. The van der Waals surface area contributed by atoms with Crippen molar-refractivity contribution in [2.24, 2.45) is 0 Å². The minimum Gasteiger partial charge on any atom is -0.387 e. The van der Waals surface area contributed by atoms with Crippen LogP contribution in [-0.2, 0) is 6.54 Å². The Morgan fingerprint density at radius 1 is 1.05 bits per heavy atom. The van der Waals surface area contributed by atoms with Crippen LogP contribution in [0.25, 0.3) is 0 Å². The van der Waals surface area contributed by atoms with Crippen LogP contribution in [0, 0.1) is 0 Å². The van der Waals surface area contributed by atoms with E-state index in [4.69, 9.17) is 0 Å². The van der Waals surface area contributed by atoms with Crippen LogP contribution >= 0.6 is 15.9 Å². The lowest BCUT2D eigenvalue weighted by molar-refractivity contribution is 0.123. The quantitative estimate of drug-likeness (QED) is 0.910. The average Bonchev–Trinajstić information content (AvgIpc) is 2.42. The van der Waals surface area contributed by atoms with Crippen LogP contribution in [0.5, 0.6) is 0 Å². The molecule has 0 aliphatic carbocycles. The number of benzene rings is 2. The summed E-state index contributed by atoms with van der Waals surface area (Å²) in [5.41, 5.74) is 2.19. The average molecular weight is 320 g/mol. The Labute approximate surface area is 122 Å². The van der Waals surface area contributed by atoms with E-state index in [1.807, 2.05) is 55.6 Å². The van der Waals surface area contributed by atoms with Crippen molar-refractivity contribution < 1.29 is 5.11 Å². The molecule has 0 spiro atoms. The number of hydrogen-bond acceptors (Lipinski definition) is 2. The van der Waals surface area contributed by atoms with Crippen molar-refractivity contribution in [3.05, 3.63) is 70.2 Å². The maximum atomic E-state index is 10.2. The van der Waals surface area contributed by atoms with Gasteiger partial charge in [0.15, 0.2) is 0 Å². The minimum atomic E-state index is -0.450. The minimum absolute atomic E-state index is 0.450. The van der Waals surface area contributed by atoms with Gasteiger partial charge in [0.1, 0.15) is 0 Å². The van der Waals surface area contributed by atoms with E-state index in [1.165, 1.54) is 5.56 Å². The monoisotopic (exact) mass is 319 g/mol. The zero-order chi connectivity index (χ0) is 13.7. The number of aliphatic hydroxyl groups excluding tert-OH is 1. The van der Waals surface area contributed by atoms with Gasteiger partial charge >= 0.3 is 0 Å². The van der Waals surface area contributed by atoms with Crippen molar-refractivity contribution in [2.75, 3.05) is 13.6 Å². The van der Waals surface area contributed by atoms with E-state index in [-0.39, 0.29) is 0 Å². The summed E-state index contributed by atoms with van der Waals surface area (Å²) in [7, 11) is 2.02. The first-order valence-electron chi connectivity index (χ1n) is 6.32. The van der Waals surface area contributed by atoms with Crippen molar-refractivity contribution in [2.45, 2.75) is 12.6 Å². The smallest absolute Gasteiger partial charge is 0.0916 e. The van der Waals surface area contributed by atoms with Crippen LogP contribution in [0.1, 0.15) is 17.2 Å². The molecule has 0 aliphatic heterocycles. The van der Waals surface area contributed by atoms with E-state index >= 15 is 0 Å². The number of halogens is 1. The molecule has 0 amide bonds. The van der Waals surface area contributed by atoms with E-state index in [1.54, 1.807) is 0 Å². The molecule has 0 aromatic heterocycles. The van der Waals surface area contributed by atoms with E-state index in [2.05, 4.69) is 26.9 Å². The van der Waals surface area contributed by atoms with Gasteiger partial charge in [0, 0.05) is 17.6 Å². The summed E-state index contributed by atoms with van der Waals surface area (Å²) in [6.07, 6.45) is -0.450. The second-order valence-corrected chi connectivity index (χ2v) is 5.57. The normalized spacial score (nSPS) is 12.6. The molecule has 0 saturated heterocycles. The molecule has 1 N–H and O–H groups in total. The number of nitrogens with zero attached hydrogens (tertiary/aromatic N) is 1. The van der Waals surface area contributed by atoms with Gasteiger partial charge in [-0.3, -0.25) is 4.90 Å². The van der Waals surface area contributed by atoms with Gasteiger partial charge in [0.2, 0.25) is 0 Å². The highest BCUT2D eigenvalue weighted by Gasteiger charge is 2.11. The van der Waals surface area contributed by atoms with E-state index in [0.717, 1.165) is 16.6 Å². The molecule has 100 valence electrons. The van der Waals surface area contributed by atoms with E-state index < -0.39 is 6.10 Å². The number of rotatable bonds is 5. The summed E-state index contributed by atoms with van der Waals surface area (Å²) in [6.45, 7) is 1.43. The molecule has 2 aromatic rings. The maximum absolute atomic E-state index is 10.2. The Kier molecular flexibility index (Phi) is 5.14. The second-order valence-electron chi connectivity index (χ2n) is 4.71. The molecular weight excluding hydrogens is 302 g/mol. The number of likely N-dealkylation sites (N-methyl/N-ethyl adjacent to an activating group) is 1. The molecule has 0 aliphatic rings. The Morgan fingerprint density at radius 2 is 1.68 bits per heavy atom. The van der Waals surface area contributed by atoms with Gasteiger partial charge in [-0.1, -0.05) is 64.5 Å². The summed E-state index contributed by atoms with van der Waals surface area (Å²) in [5, 5.41) is 10.2. The molecule has 0 radical (unpaired) electrons. The Bertz CT molecular complexity index is 515. The molecule has 2 nitrogen and oxygen atoms in total. The third-order valence-corrected chi connectivity index (χ3v) is 3.84. The molecule has 2 rings (SSSR count). The summed E-state index contributed by atoms with van der Waals surface area (Å²) < 4.78 is 1.11. The summed E-state index contributed by atoms with van der Waals surface area (Å²) in [5.74, 6) is 0. The molecule has 2 aromatic carbocycles. The van der Waals surface area contributed by atoms with Crippen LogP contribution in [0.3, 0.4) is 0 Å². The summed E-state index contributed by atoms with van der Waals surface area (Å²) >= 11 is 3.55. The molecule has 1 unspecified atom stereocenters. The highest BCUT2D eigenvalue weighted by molar-refractivity contribution is 9.10. The Balaban J connectivity index is 1.95. The highest BCUT2D eigenvalue weighted by Crippen LogP contribution is 2.19. The van der Waals surface area contributed by atoms with Crippen molar-refractivity contribution in [1.29, 1.82) is 0 Å². The van der Waals surface area contributed by atoms with Gasteiger partial charge in [-0.05, 0) is 24.2 Å². The summed E-state index contributed by atoms with van der Waals surface area (Å²) in [4.78, 5) is 2.12. The van der Waals surface area contributed by atoms with E-state index in [9.17, 15) is 5.11 Å². The zero-order valence-electron chi connectivity index (χ0n) is 11.0. The molecule has 3 heteroatoms. The second kappa shape index (κ2) is 6.85.